The molecule has 0 amide bonds. The molecule has 0 bridgehead atoms. The summed E-state index contributed by atoms with van der Waals surface area (Å²) in [7, 11) is 3.22. The Morgan fingerprint density at radius 1 is 0.889 bits per heavy atom. The topological polar surface area (TPSA) is 81.2 Å². The normalized spacial score (nSPS) is 10.6. The average Bonchev–Trinajstić information content (AvgIpc) is 2.68. The van der Waals surface area contributed by atoms with Crippen molar-refractivity contribution in [3.05, 3.63) is 48.7 Å². The quantitative estimate of drug-likeness (QED) is 0.652. The Hall–Kier alpha value is -3.35. The van der Waals surface area contributed by atoms with E-state index in [1.807, 2.05) is 56.3 Å². The Morgan fingerprint density at radius 3 is 2.37 bits per heavy atom. The molecule has 1 aromatic carbocycles. The summed E-state index contributed by atoms with van der Waals surface area (Å²) in [6.45, 7) is 4.08. The number of hydrogen-bond acceptors (Lipinski definition) is 7. The van der Waals surface area contributed by atoms with Crippen LogP contribution in [0.25, 0.3) is 11.4 Å². The number of aromatic nitrogens is 3. The maximum atomic E-state index is 5.36. The molecule has 3 rings (SSSR count). The number of methoxy groups -OCH3 is 2. The standard InChI is InChI=1S/C20H23N5O2/c1-13(2)22-20-24-16(15-7-5-6-10-21-15)12-19(25-20)23-14-8-9-17(26-3)18(11-14)27-4/h5-13H,1-4H3,(H2,22,23,24,25). The van der Waals surface area contributed by atoms with Crippen molar-refractivity contribution in [3.8, 4) is 22.9 Å². The van der Waals surface area contributed by atoms with Crippen molar-refractivity contribution < 1.29 is 9.47 Å². The third-order valence-corrected chi connectivity index (χ3v) is 3.73. The number of anilines is 3. The van der Waals surface area contributed by atoms with Gasteiger partial charge in [-0.05, 0) is 38.1 Å². The maximum Gasteiger partial charge on any atom is 0.225 e. The molecule has 0 unspecified atom stereocenters. The van der Waals surface area contributed by atoms with Crippen LogP contribution in [0, 0.1) is 0 Å². The zero-order chi connectivity index (χ0) is 19.2. The van der Waals surface area contributed by atoms with Crippen LogP contribution in [0.2, 0.25) is 0 Å². The van der Waals surface area contributed by atoms with Crippen molar-refractivity contribution in [2.24, 2.45) is 0 Å². The second-order valence-electron chi connectivity index (χ2n) is 6.17. The maximum absolute atomic E-state index is 5.36. The third-order valence-electron chi connectivity index (χ3n) is 3.73. The van der Waals surface area contributed by atoms with Gasteiger partial charge in [0.05, 0.1) is 25.6 Å². The second-order valence-corrected chi connectivity index (χ2v) is 6.17. The lowest BCUT2D eigenvalue weighted by Gasteiger charge is -2.14. The molecule has 27 heavy (non-hydrogen) atoms. The molecule has 0 fully saturated rings. The van der Waals surface area contributed by atoms with Crippen molar-refractivity contribution in [1.82, 2.24) is 15.0 Å². The molecular weight excluding hydrogens is 342 g/mol. The van der Waals surface area contributed by atoms with Crippen LogP contribution in [0.3, 0.4) is 0 Å². The summed E-state index contributed by atoms with van der Waals surface area (Å²) in [5, 5.41) is 6.55. The van der Waals surface area contributed by atoms with Gasteiger partial charge in [0.15, 0.2) is 11.5 Å². The minimum Gasteiger partial charge on any atom is -0.493 e. The van der Waals surface area contributed by atoms with Crippen LogP contribution in [0.1, 0.15) is 13.8 Å². The molecule has 0 saturated heterocycles. The molecular formula is C20H23N5O2. The lowest BCUT2D eigenvalue weighted by molar-refractivity contribution is 0.355. The molecule has 2 N–H and O–H groups in total. The van der Waals surface area contributed by atoms with Gasteiger partial charge >= 0.3 is 0 Å². The first-order valence-corrected chi connectivity index (χ1v) is 8.65. The van der Waals surface area contributed by atoms with Crippen LogP contribution in [-0.2, 0) is 0 Å². The highest BCUT2D eigenvalue weighted by atomic mass is 16.5. The van der Waals surface area contributed by atoms with Gasteiger partial charge in [0, 0.05) is 30.1 Å². The molecule has 0 aliphatic carbocycles. The molecule has 0 spiro atoms. The number of rotatable bonds is 7. The van der Waals surface area contributed by atoms with Crippen LogP contribution < -0.4 is 20.1 Å². The average molecular weight is 365 g/mol. The summed E-state index contributed by atoms with van der Waals surface area (Å²) >= 11 is 0. The van der Waals surface area contributed by atoms with Gasteiger partial charge in [0.2, 0.25) is 5.95 Å². The second kappa shape index (κ2) is 8.35. The van der Waals surface area contributed by atoms with Crippen molar-refractivity contribution in [1.29, 1.82) is 0 Å². The molecule has 3 aromatic rings. The van der Waals surface area contributed by atoms with Gasteiger partial charge in [0.25, 0.3) is 0 Å². The van der Waals surface area contributed by atoms with E-state index in [1.165, 1.54) is 0 Å². The molecule has 2 heterocycles. The summed E-state index contributed by atoms with van der Waals surface area (Å²) in [6, 6.07) is 13.4. The van der Waals surface area contributed by atoms with E-state index < -0.39 is 0 Å². The van der Waals surface area contributed by atoms with Gasteiger partial charge in [-0.3, -0.25) is 4.98 Å². The van der Waals surface area contributed by atoms with E-state index in [0.29, 0.717) is 23.3 Å². The summed E-state index contributed by atoms with van der Waals surface area (Å²) in [5.74, 6) is 2.50. The van der Waals surface area contributed by atoms with E-state index in [0.717, 1.165) is 17.1 Å². The highest BCUT2D eigenvalue weighted by Crippen LogP contribution is 2.31. The first-order valence-electron chi connectivity index (χ1n) is 8.65. The van der Waals surface area contributed by atoms with Gasteiger partial charge in [-0.25, -0.2) is 4.98 Å². The van der Waals surface area contributed by atoms with Crippen molar-refractivity contribution in [2.45, 2.75) is 19.9 Å². The lowest BCUT2D eigenvalue weighted by Crippen LogP contribution is -2.13. The van der Waals surface area contributed by atoms with Gasteiger partial charge in [-0.2, -0.15) is 4.98 Å². The minimum atomic E-state index is 0.206. The van der Waals surface area contributed by atoms with Crippen molar-refractivity contribution >= 4 is 17.5 Å². The highest BCUT2D eigenvalue weighted by molar-refractivity contribution is 5.67. The molecule has 7 heteroatoms. The monoisotopic (exact) mass is 365 g/mol. The van der Waals surface area contributed by atoms with Crippen LogP contribution in [0.4, 0.5) is 17.5 Å². The smallest absolute Gasteiger partial charge is 0.225 e. The fraction of sp³-hybridized carbons (Fsp3) is 0.250. The molecule has 0 saturated carbocycles. The molecule has 0 radical (unpaired) electrons. The van der Waals surface area contributed by atoms with Crippen molar-refractivity contribution in [2.75, 3.05) is 24.9 Å². The van der Waals surface area contributed by atoms with E-state index in [2.05, 4.69) is 25.6 Å². The SMILES string of the molecule is COc1ccc(Nc2cc(-c3ccccn3)nc(NC(C)C)n2)cc1OC. The molecule has 2 aromatic heterocycles. The Morgan fingerprint density at radius 2 is 1.70 bits per heavy atom. The molecule has 0 atom stereocenters. The van der Waals surface area contributed by atoms with Gasteiger partial charge in [-0.15, -0.1) is 0 Å². The largest absolute Gasteiger partial charge is 0.493 e. The number of nitrogens with zero attached hydrogens (tertiary/aromatic N) is 3. The van der Waals surface area contributed by atoms with E-state index >= 15 is 0 Å². The third kappa shape index (κ3) is 4.63. The number of hydrogen-bond donors (Lipinski definition) is 2. The molecule has 140 valence electrons. The van der Waals surface area contributed by atoms with E-state index in [-0.39, 0.29) is 6.04 Å². The summed E-state index contributed by atoms with van der Waals surface area (Å²) in [4.78, 5) is 13.5. The number of pyridine rings is 1. The van der Waals surface area contributed by atoms with E-state index in [4.69, 9.17) is 9.47 Å². The zero-order valence-electron chi connectivity index (χ0n) is 15.9. The predicted molar refractivity (Wildman–Crippen MR) is 107 cm³/mol. The first-order chi connectivity index (χ1) is 13.1. The zero-order valence-corrected chi connectivity index (χ0v) is 15.9. The van der Waals surface area contributed by atoms with Crippen LogP contribution in [0.5, 0.6) is 11.5 Å². The Labute approximate surface area is 158 Å². The highest BCUT2D eigenvalue weighted by Gasteiger charge is 2.10. The lowest BCUT2D eigenvalue weighted by atomic mass is 10.2. The minimum absolute atomic E-state index is 0.206. The Kier molecular flexibility index (Phi) is 5.71. The van der Waals surface area contributed by atoms with Gasteiger partial charge in [-0.1, -0.05) is 6.07 Å². The predicted octanol–water partition coefficient (Wildman–Crippen LogP) is 4.12. The number of benzene rings is 1. The van der Waals surface area contributed by atoms with Crippen molar-refractivity contribution in [3.63, 3.8) is 0 Å². The summed E-state index contributed by atoms with van der Waals surface area (Å²) in [6.07, 6.45) is 1.74. The van der Waals surface area contributed by atoms with E-state index in [1.54, 1.807) is 20.4 Å². The van der Waals surface area contributed by atoms with Gasteiger partial charge < -0.3 is 20.1 Å². The summed E-state index contributed by atoms with van der Waals surface area (Å²) < 4.78 is 10.6. The van der Waals surface area contributed by atoms with Gasteiger partial charge in [0.1, 0.15) is 5.82 Å². The number of ether oxygens (including phenoxy) is 2. The van der Waals surface area contributed by atoms with Crippen LogP contribution in [-0.4, -0.2) is 35.2 Å². The molecule has 0 aliphatic heterocycles. The molecule has 0 aliphatic rings. The van der Waals surface area contributed by atoms with Crippen LogP contribution >= 0.6 is 0 Å². The summed E-state index contributed by atoms with van der Waals surface area (Å²) in [5.41, 5.74) is 2.34. The fourth-order valence-electron chi connectivity index (χ4n) is 2.54. The molecule has 7 nitrogen and oxygen atoms in total. The number of nitrogens with one attached hydrogen (secondary N) is 2. The Balaban J connectivity index is 1.96. The van der Waals surface area contributed by atoms with E-state index in [9.17, 15) is 0 Å². The first kappa shape index (κ1) is 18.4. The fourth-order valence-corrected chi connectivity index (χ4v) is 2.54. The van der Waals surface area contributed by atoms with Crippen LogP contribution in [0.15, 0.2) is 48.7 Å². The Bertz CT molecular complexity index is 900.